The van der Waals surface area contributed by atoms with Crippen molar-refractivity contribution < 1.29 is 27.5 Å². The van der Waals surface area contributed by atoms with Crippen LogP contribution in [0, 0.1) is 0 Å². The minimum absolute atomic E-state index is 0.0149. The van der Waals surface area contributed by atoms with Crippen molar-refractivity contribution in [2.75, 3.05) is 31.3 Å². The number of halogens is 2. The molecule has 0 radical (unpaired) electrons. The molecule has 1 saturated carbocycles. The molecule has 9 nitrogen and oxygen atoms in total. The smallest absolute Gasteiger partial charge is 0.244 e. The van der Waals surface area contributed by atoms with Gasteiger partial charge in [-0.15, -0.1) is 0 Å². The quantitative estimate of drug-likeness (QED) is 0.243. The molecule has 242 valence electrons. The van der Waals surface area contributed by atoms with Gasteiger partial charge < -0.3 is 19.7 Å². The van der Waals surface area contributed by atoms with Crippen LogP contribution in [0.4, 0.5) is 5.69 Å². The van der Waals surface area contributed by atoms with E-state index in [-0.39, 0.29) is 36.4 Å². The summed E-state index contributed by atoms with van der Waals surface area (Å²) >= 11 is 13.1. The van der Waals surface area contributed by atoms with Gasteiger partial charge in [-0.3, -0.25) is 13.9 Å². The molecule has 1 N–H and O–H groups in total. The van der Waals surface area contributed by atoms with E-state index in [1.54, 1.807) is 30.3 Å². The molecule has 2 amide bonds. The lowest BCUT2D eigenvalue weighted by Crippen LogP contribution is -2.55. The van der Waals surface area contributed by atoms with E-state index >= 15 is 0 Å². The second kappa shape index (κ2) is 15.7. The fourth-order valence-electron chi connectivity index (χ4n) is 5.54. The van der Waals surface area contributed by atoms with Crippen LogP contribution in [0.15, 0.2) is 66.7 Å². The third-order valence-electron chi connectivity index (χ3n) is 7.95. The number of sulfonamides is 1. The van der Waals surface area contributed by atoms with Gasteiger partial charge in [-0.05, 0) is 42.7 Å². The number of carbonyl (C=O) groups excluding carboxylic acids is 2. The molecule has 3 aromatic carbocycles. The fraction of sp³-hybridized carbons (Fsp3) is 0.394. The van der Waals surface area contributed by atoms with Crippen molar-refractivity contribution >= 4 is 50.7 Å². The Balaban J connectivity index is 1.80. The van der Waals surface area contributed by atoms with Crippen LogP contribution in [0.3, 0.4) is 0 Å². The van der Waals surface area contributed by atoms with Gasteiger partial charge in [0.15, 0.2) is 0 Å². The average molecular weight is 677 g/mol. The Kier molecular flexibility index (Phi) is 12.0. The molecule has 4 rings (SSSR count). The van der Waals surface area contributed by atoms with Crippen molar-refractivity contribution in [1.82, 2.24) is 10.2 Å². The first-order chi connectivity index (χ1) is 21.5. The van der Waals surface area contributed by atoms with Crippen LogP contribution in [0.5, 0.6) is 11.5 Å². The van der Waals surface area contributed by atoms with Crippen molar-refractivity contribution in [3.8, 4) is 11.5 Å². The van der Waals surface area contributed by atoms with E-state index < -0.39 is 28.5 Å². The number of rotatable bonds is 13. The monoisotopic (exact) mass is 675 g/mol. The Morgan fingerprint density at radius 2 is 1.60 bits per heavy atom. The minimum Gasteiger partial charge on any atom is -0.497 e. The van der Waals surface area contributed by atoms with Crippen molar-refractivity contribution in [2.24, 2.45) is 0 Å². The average Bonchev–Trinajstić information content (AvgIpc) is 3.02. The Bertz CT molecular complexity index is 1560. The molecular weight excluding hydrogens is 637 g/mol. The predicted molar refractivity (Wildman–Crippen MR) is 178 cm³/mol. The fourth-order valence-corrected chi connectivity index (χ4v) is 6.90. The Morgan fingerprint density at radius 3 is 2.20 bits per heavy atom. The van der Waals surface area contributed by atoms with Crippen molar-refractivity contribution in [1.29, 1.82) is 0 Å². The minimum atomic E-state index is -4.02. The van der Waals surface area contributed by atoms with E-state index in [4.69, 9.17) is 32.7 Å². The van der Waals surface area contributed by atoms with E-state index in [9.17, 15) is 18.0 Å². The van der Waals surface area contributed by atoms with Gasteiger partial charge in [-0.25, -0.2) is 8.42 Å². The van der Waals surface area contributed by atoms with Gasteiger partial charge in [0.25, 0.3) is 0 Å². The van der Waals surface area contributed by atoms with Crippen molar-refractivity contribution in [3.63, 3.8) is 0 Å². The van der Waals surface area contributed by atoms with Crippen LogP contribution >= 0.6 is 23.2 Å². The van der Waals surface area contributed by atoms with Crippen LogP contribution in [0.2, 0.25) is 10.0 Å². The molecule has 1 aliphatic carbocycles. The zero-order valence-electron chi connectivity index (χ0n) is 25.7. The highest BCUT2D eigenvalue weighted by molar-refractivity contribution is 7.92. The molecule has 3 aromatic rings. The van der Waals surface area contributed by atoms with E-state index in [0.717, 1.165) is 48.2 Å². The second-order valence-corrected chi connectivity index (χ2v) is 13.8. The van der Waals surface area contributed by atoms with Gasteiger partial charge >= 0.3 is 0 Å². The summed E-state index contributed by atoms with van der Waals surface area (Å²) in [5.74, 6) is -0.348. The molecule has 0 aromatic heterocycles. The summed E-state index contributed by atoms with van der Waals surface area (Å²) in [5.41, 5.74) is 1.40. The summed E-state index contributed by atoms with van der Waals surface area (Å²) in [5, 5.41) is 3.81. The largest absolute Gasteiger partial charge is 0.497 e. The molecule has 0 saturated heterocycles. The summed E-state index contributed by atoms with van der Waals surface area (Å²) in [6, 6.07) is 18.0. The first-order valence-electron chi connectivity index (χ1n) is 14.8. The van der Waals surface area contributed by atoms with Crippen LogP contribution < -0.4 is 19.1 Å². The first-order valence-corrected chi connectivity index (χ1v) is 17.4. The lowest BCUT2D eigenvalue weighted by Gasteiger charge is -2.35. The van der Waals surface area contributed by atoms with Gasteiger partial charge in [-0.2, -0.15) is 0 Å². The van der Waals surface area contributed by atoms with Gasteiger partial charge in [0, 0.05) is 40.7 Å². The van der Waals surface area contributed by atoms with Gasteiger partial charge in [0.2, 0.25) is 21.8 Å². The SMILES string of the molecule is COc1ccc(OC)c(N(CC(=O)N(Cc2c(Cl)cccc2Cl)C(Cc2ccccc2)C(=O)NC2CCCCC2)S(C)(=O)=O)c1. The van der Waals surface area contributed by atoms with Crippen molar-refractivity contribution in [3.05, 3.63) is 87.9 Å². The van der Waals surface area contributed by atoms with Crippen LogP contribution in [-0.2, 0) is 32.6 Å². The Morgan fingerprint density at radius 1 is 0.933 bits per heavy atom. The molecular formula is C33H39Cl2N3O6S. The lowest BCUT2D eigenvalue weighted by molar-refractivity contribution is -0.140. The molecule has 0 spiro atoms. The summed E-state index contributed by atoms with van der Waals surface area (Å²) in [7, 11) is -1.16. The molecule has 45 heavy (non-hydrogen) atoms. The number of hydrogen-bond donors (Lipinski definition) is 1. The highest BCUT2D eigenvalue weighted by atomic mass is 35.5. The highest BCUT2D eigenvalue weighted by Gasteiger charge is 2.35. The Hall–Kier alpha value is -3.47. The lowest BCUT2D eigenvalue weighted by atomic mass is 9.94. The highest BCUT2D eigenvalue weighted by Crippen LogP contribution is 2.34. The summed E-state index contributed by atoms with van der Waals surface area (Å²) in [6.07, 6.45) is 6.04. The van der Waals surface area contributed by atoms with Gasteiger partial charge in [-0.1, -0.05) is 78.9 Å². The van der Waals surface area contributed by atoms with E-state index in [0.29, 0.717) is 21.4 Å². The van der Waals surface area contributed by atoms with Crippen molar-refractivity contribution in [2.45, 2.75) is 57.2 Å². The summed E-state index contributed by atoms with van der Waals surface area (Å²) < 4.78 is 38.2. The van der Waals surface area contributed by atoms with Crippen LogP contribution in [0.25, 0.3) is 0 Å². The maximum Gasteiger partial charge on any atom is 0.244 e. The predicted octanol–water partition coefficient (Wildman–Crippen LogP) is 5.87. The van der Waals surface area contributed by atoms with E-state index in [2.05, 4.69) is 5.32 Å². The number of anilines is 1. The number of amides is 2. The maximum absolute atomic E-state index is 14.5. The summed E-state index contributed by atoms with van der Waals surface area (Å²) in [6.45, 7) is -0.744. The van der Waals surface area contributed by atoms with Crippen LogP contribution in [-0.4, -0.2) is 64.2 Å². The third-order valence-corrected chi connectivity index (χ3v) is 9.78. The third kappa shape index (κ3) is 9.05. The molecule has 1 atom stereocenters. The number of methoxy groups -OCH3 is 2. The number of hydrogen-bond acceptors (Lipinski definition) is 6. The molecule has 12 heteroatoms. The molecule has 0 bridgehead atoms. The molecule has 1 aliphatic rings. The molecule has 1 fully saturated rings. The maximum atomic E-state index is 14.5. The zero-order chi connectivity index (χ0) is 32.6. The summed E-state index contributed by atoms with van der Waals surface area (Å²) in [4.78, 5) is 30.0. The first kappa shape index (κ1) is 34.4. The second-order valence-electron chi connectivity index (χ2n) is 11.1. The number of ether oxygens (including phenoxy) is 2. The number of nitrogens with zero attached hydrogens (tertiary/aromatic N) is 2. The molecule has 0 aliphatic heterocycles. The topological polar surface area (TPSA) is 105 Å². The number of nitrogens with one attached hydrogen (secondary N) is 1. The van der Waals surface area contributed by atoms with Gasteiger partial charge in [0.1, 0.15) is 24.1 Å². The molecule has 0 heterocycles. The van der Waals surface area contributed by atoms with Gasteiger partial charge in [0.05, 0.1) is 26.2 Å². The Labute approximate surface area is 275 Å². The zero-order valence-corrected chi connectivity index (χ0v) is 28.0. The standard InChI is InChI=1S/C33H39Cl2N3O6S/c1-43-25-17-18-31(44-2)29(20-25)38(45(3,41)42)22-32(39)37(21-26-27(34)15-10-16-28(26)35)30(19-23-11-6-4-7-12-23)33(40)36-24-13-8-5-9-14-24/h4,6-7,10-12,15-18,20,24,30H,5,8-9,13-14,19,21-22H2,1-3H3,(H,36,40). The molecule has 1 unspecified atom stereocenters. The van der Waals surface area contributed by atoms with Crippen LogP contribution in [0.1, 0.15) is 43.2 Å². The normalized spacial score (nSPS) is 14.3. The van der Waals surface area contributed by atoms with E-state index in [1.165, 1.54) is 25.2 Å². The number of carbonyl (C=O) groups is 2. The number of benzene rings is 3. The van der Waals surface area contributed by atoms with E-state index in [1.807, 2.05) is 30.3 Å².